The number of imide groups is 1. The van der Waals surface area contributed by atoms with Gasteiger partial charge in [-0.15, -0.1) is 0 Å². The number of rotatable bonds is 9. The highest BCUT2D eigenvalue weighted by molar-refractivity contribution is 6.21. The Morgan fingerprint density at radius 2 is 2.03 bits per heavy atom. The number of nitrogens with zero attached hydrogens (tertiary/aromatic N) is 1. The molecule has 1 N–H and O–H groups in total. The number of hydrogen-bond donors (Lipinski definition) is 1. The number of benzene rings is 1. The lowest BCUT2D eigenvalue weighted by molar-refractivity contribution is -0.124. The van der Waals surface area contributed by atoms with E-state index in [1.54, 1.807) is 7.11 Å². The molecule has 0 unspecified atom stereocenters. The Bertz CT molecular complexity index is 802. The molecule has 1 atom stereocenters. The Labute approximate surface area is 168 Å². The largest absolute Gasteiger partial charge is 0.452 e. The topological polar surface area (TPSA) is 111 Å². The highest BCUT2D eigenvalue weighted by Crippen LogP contribution is 2.24. The molecule has 3 rings (SSSR count). The summed E-state index contributed by atoms with van der Waals surface area (Å²) in [6.45, 7) is 1.31. The Hall–Kier alpha value is -2.78. The molecule has 0 saturated carbocycles. The Morgan fingerprint density at radius 1 is 1.24 bits per heavy atom. The number of hydrogen-bond acceptors (Lipinski definition) is 7. The van der Waals surface area contributed by atoms with Crippen molar-refractivity contribution in [3.05, 3.63) is 34.9 Å². The molecular formula is C20H24N2O7. The van der Waals surface area contributed by atoms with Crippen LogP contribution in [0.1, 0.15) is 50.3 Å². The first kappa shape index (κ1) is 20.9. The van der Waals surface area contributed by atoms with Gasteiger partial charge in [0.05, 0.1) is 22.8 Å². The number of ether oxygens (including phenoxy) is 3. The van der Waals surface area contributed by atoms with Crippen molar-refractivity contribution in [3.63, 3.8) is 0 Å². The van der Waals surface area contributed by atoms with Gasteiger partial charge in [-0.25, -0.2) is 4.79 Å². The summed E-state index contributed by atoms with van der Waals surface area (Å²) in [5.41, 5.74) is 0.513. The molecule has 3 amide bonds. The second-order valence-electron chi connectivity index (χ2n) is 6.88. The van der Waals surface area contributed by atoms with Crippen LogP contribution in [0.4, 0.5) is 0 Å². The molecule has 1 fully saturated rings. The molecule has 9 nitrogen and oxygen atoms in total. The average molecular weight is 404 g/mol. The van der Waals surface area contributed by atoms with Crippen molar-refractivity contribution < 1.29 is 33.4 Å². The van der Waals surface area contributed by atoms with Crippen LogP contribution in [0.15, 0.2) is 18.2 Å². The van der Waals surface area contributed by atoms with E-state index < -0.39 is 30.3 Å². The molecule has 2 heterocycles. The molecule has 2 aliphatic heterocycles. The molecule has 9 heteroatoms. The summed E-state index contributed by atoms with van der Waals surface area (Å²) in [5, 5.41) is 2.66. The first-order chi connectivity index (χ1) is 14.0. The monoisotopic (exact) mass is 404 g/mol. The second kappa shape index (κ2) is 9.62. The Balaban J connectivity index is 1.54. The lowest BCUT2D eigenvalue weighted by atomic mass is 10.1. The van der Waals surface area contributed by atoms with Crippen molar-refractivity contribution >= 4 is 23.7 Å². The van der Waals surface area contributed by atoms with Gasteiger partial charge in [0.2, 0.25) is 0 Å². The van der Waals surface area contributed by atoms with Crippen molar-refractivity contribution in [3.8, 4) is 0 Å². The third-order valence-electron chi connectivity index (χ3n) is 4.82. The number of methoxy groups -OCH3 is 1. The fourth-order valence-corrected chi connectivity index (χ4v) is 3.29. The molecule has 156 valence electrons. The number of nitrogens with one attached hydrogen (secondary N) is 1. The zero-order valence-electron chi connectivity index (χ0n) is 16.3. The van der Waals surface area contributed by atoms with E-state index in [9.17, 15) is 19.2 Å². The molecule has 2 aliphatic rings. The van der Waals surface area contributed by atoms with Crippen molar-refractivity contribution in [2.24, 2.45) is 0 Å². The van der Waals surface area contributed by atoms with Gasteiger partial charge in [0.15, 0.2) is 6.61 Å². The third kappa shape index (κ3) is 4.99. The van der Waals surface area contributed by atoms with E-state index in [0.29, 0.717) is 26.2 Å². The molecule has 29 heavy (non-hydrogen) atoms. The van der Waals surface area contributed by atoms with Gasteiger partial charge in [0.25, 0.3) is 17.7 Å². The summed E-state index contributed by atoms with van der Waals surface area (Å²) in [7, 11) is 1.54. The quantitative estimate of drug-likeness (QED) is 0.368. The molecule has 0 aliphatic carbocycles. The van der Waals surface area contributed by atoms with Gasteiger partial charge in [-0.3, -0.25) is 19.3 Å². The molecule has 0 radical (unpaired) electrons. The lowest BCUT2D eigenvalue weighted by Gasteiger charge is -2.12. The maximum atomic E-state index is 12.5. The number of amides is 3. The number of carbonyl (C=O) groups is 4. The van der Waals surface area contributed by atoms with Crippen LogP contribution in [-0.4, -0.2) is 74.7 Å². The normalized spacial score (nSPS) is 18.1. The zero-order valence-corrected chi connectivity index (χ0v) is 16.3. The van der Waals surface area contributed by atoms with Crippen molar-refractivity contribution in [1.29, 1.82) is 0 Å². The number of esters is 1. The summed E-state index contributed by atoms with van der Waals surface area (Å²) in [6, 6.07) is 4.17. The summed E-state index contributed by atoms with van der Waals surface area (Å²) in [4.78, 5) is 50.1. The van der Waals surface area contributed by atoms with Crippen LogP contribution >= 0.6 is 0 Å². The number of carbonyl (C=O) groups excluding carboxylic acids is 4. The standard InChI is InChI=1S/C20H24N2O7/c1-27-8-3-7-22-18(24)15-6-5-13(10-16(15)19(22)25)20(26)29-12-17(23)21-11-14-4-2-9-28-14/h5-6,10,14H,2-4,7-9,11-12H2,1H3,(H,21,23)/t14-/m1/s1. The van der Waals surface area contributed by atoms with Gasteiger partial charge < -0.3 is 19.5 Å². The summed E-state index contributed by atoms with van der Waals surface area (Å²) in [6.07, 6.45) is 2.39. The average Bonchev–Trinajstić information content (AvgIpc) is 3.33. The van der Waals surface area contributed by atoms with Crippen LogP contribution in [0, 0.1) is 0 Å². The van der Waals surface area contributed by atoms with E-state index in [-0.39, 0.29) is 29.3 Å². The highest BCUT2D eigenvalue weighted by Gasteiger charge is 2.35. The first-order valence-electron chi connectivity index (χ1n) is 9.56. The molecular weight excluding hydrogens is 380 g/mol. The SMILES string of the molecule is COCCCN1C(=O)c2ccc(C(=O)OCC(=O)NC[C@H]3CCCO3)cc2C1=O. The minimum absolute atomic E-state index is 0.00162. The van der Waals surface area contributed by atoms with E-state index in [4.69, 9.17) is 14.2 Å². The van der Waals surface area contributed by atoms with Crippen LogP contribution in [0.25, 0.3) is 0 Å². The van der Waals surface area contributed by atoms with Crippen LogP contribution < -0.4 is 5.32 Å². The lowest BCUT2D eigenvalue weighted by Crippen LogP contribution is -2.34. The van der Waals surface area contributed by atoms with Gasteiger partial charge in [-0.2, -0.15) is 0 Å². The van der Waals surface area contributed by atoms with E-state index in [1.807, 2.05) is 0 Å². The fraction of sp³-hybridized carbons (Fsp3) is 0.500. The molecule has 0 aromatic heterocycles. The minimum Gasteiger partial charge on any atom is -0.452 e. The van der Waals surface area contributed by atoms with Gasteiger partial charge in [-0.1, -0.05) is 0 Å². The van der Waals surface area contributed by atoms with Gasteiger partial charge in [0.1, 0.15) is 0 Å². The van der Waals surface area contributed by atoms with E-state index in [1.165, 1.54) is 18.2 Å². The summed E-state index contributed by atoms with van der Waals surface area (Å²) < 4.78 is 15.4. The Morgan fingerprint density at radius 3 is 2.76 bits per heavy atom. The molecule has 0 spiro atoms. The van der Waals surface area contributed by atoms with Crippen LogP contribution in [0.2, 0.25) is 0 Å². The van der Waals surface area contributed by atoms with E-state index in [0.717, 1.165) is 17.7 Å². The summed E-state index contributed by atoms with van der Waals surface area (Å²) in [5.74, 6) is -2.01. The van der Waals surface area contributed by atoms with Crippen LogP contribution in [0.3, 0.4) is 0 Å². The van der Waals surface area contributed by atoms with Crippen molar-refractivity contribution in [2.75, 3.05) is 40.0 Å². The van der Waals surface area contributed by atoms with Gasteiger partial charge >= 0.3 is 5.97 Å². The van der Waals surface area contributed by atoms with Crippen LogP contribution in [0.5, 0.6) is 0 Å². The van der Waals surface area contributed by atoms with Gasteiger partial charge in [-0.05, 0) is 37.5 Å². The molecule has 1 saturated heterocycles. The summed E-state index contributed by atoms with van der Waals surface area (Å²) >= 11 is 0. The van der Waals surface area contributed by atoms with Gasteiger partial charge in [0, 0.05) is 33.4 Å². The predicted molar refractivity (Wildman–Crippen MR) is 101 cm³/mol. The molecule has 1 aromatic rings. The molecule has 1 aromatic carbocycles. The molecule has 0 bridgehead atoms. The first-order valence-corrected chi connectivity index (χ1v) is 9.56. The minimum atomic E-state index is -0.738. The van der Waals surface area contributed by atoms with Crippen molar-refractivity contribution in [2.45, 2.75) is 25.4 Å². The van der Waals surface area contributed by atoms with Crippen molar-refractivity contribution in [1.82, 2.24) is 10.2 Å². The maximum Gasteiger partial charge on any atom is 0.338 e. The van der Waals surface area contributed by atoms with Crippen LogP contribution in [-0.2, 0) is 19.0 Å². The second-order valence-corrected chi connectivity index (χ2v) is 6.88. The van der Waals surface area contributed by atoms with E-state index >= 15 is 0 Å². The smallest absolute Gasteiger partial charge is 0.338 e. The predicted octanol–water partition coefficient (Wildman–Crippen LogP) is 0.771. The van der Waals surface area contributed by atoms with E-state index in [2.05, 4.69) is 5.32 Å². The highest BCUT2D eigenvalue weighted by atomic mass is 16.5. The zero-order chi connectivity index (χ0) is 20.8. The number of fused-ring (bicyclic) bond motifs is 1. The third-order valence-corrected chi connectivity index (χ3v) is 4.82. The maximum absolute atomic E-state index is 12.5. The Kier molecular flexibility index (Phi) is 6.95. The fourth-order valence-electron chi connectivity index (χ4n) is 3.29.